The van der Waals surface area contributed by atoms with Crippen molar-refractivity contribution in [3.63, 3.8) is 0 Å². The first kappa shape index (κ1) is 20.6. The van der Waals surface area contributed by atoms with Gasteiger partial charge >= 0.3 is 0 Å². The molecular weight excluding hydrogens is 389 g/mol. The summed E-state index contributed by atoms with van der Waals surface area (Å²) in [6, 6.07) is 15.7. The number of nitrogens with zero attached hydrogens (tertiary/aromatic N) is 1. The number of hydrogen-bond donors (Lipinski definition) is 2. The van der Waals surface area contributed by atoms with Gasteiger partial charge in [-0.05, 0) is 29.7 Å². The summed E-state index contributed by atoms with van der Waals surface area (Å²) in [7, 11) is 0. The number of amides is 2. The predicted octanol–water partition coefficient (Wildman–Crippen LogP) is 4.10. The van der Waals surface area contributed by atoms with Crippen LogP contribution in [0.25, 0.3) is 0 Å². The summed E-state index contributed by atoms with van der Waals surface area (Å²) in [6.07, 6.45) is 0.775. The van der Waals surface area contributed by atoms with E-state index in [4.69, 9.17) is 0 Å². The van der Waals surface area contributed by atoms with Crippen molar-refractivity contribution in [1.29, 1.82) is 5.26 Å². The van der Waals surface area contributed by atoms with Crippen LogP contribution in [-0.2, 0) is 16.0 Å². The Morgan fingerprint density at radius 3 is 2.72 bits per heavy atom. The summed E-state index contributed by atoms with van der Waals surface area (Å²) in [4.78, 5) is 24.6. The molecule has 2 amide bonds. The Kier molecular flexibility index (Phi) is 6.68. The third-order valence-corrected chi connectivity index (χ3v) is 5.67. The number of para-hydroxylation sites is 1. The molecule has 0 fully saturated rings. The van der Waals surface area contributed by atoms with E-state index in [2.05, 4.69) is 16.7 Å². The normalized spacial score (nSPS) is 16.2. The molecule has 2 aromatic rings. The predicted molar refractivity (Wildman–Crippen MR) is 111 cm³/mol. The first-order chi connectivity index (χ1) is 14.0. The van der Waals surface area contributed by atoms with E-state index in [1.165, 1.54) is 6.07 Å². The minimum Gasteiger partial charge on any atom is -0.325 e. The van der Waals surface area contributed by atoms with Crippen molar-refractivity contribution in [3.05, 3.63) is 76.1 Å². The van der Waals surface area contributed by atoms with E-state index < -0.39 is 11.7 Å². The summed E-state index contributed by atoms with van der Waals surface area (Å²) in [5.41, 5.74) is 2.33. The summed E-state index contributed by atoms with van der Waals surface area (Å²) >= 11 is 1.07. The van der Waals surface area contributed by atoms with E-state index in [1.807, 2.05) is 31.2 Å². The quantitative estimate of drug-likeness (QED) is 0.753. The number of benzene rings is 2. The van der Waals surface area contributed by atoms with E-state index in [1.54, 1.807) is 18.2 Å². The zero-order valence-electron chi connectivity index (χ0n) is 15.9. The van der Waals surface area contributed by atoms with Crippen molar-refractivity contribution in [2.45, 2.75) is 25.7 Å². The molecule has 1 atom stereocenters. The minimum absolute atomic E-state index is 0.00996. The summed E-state index contributed by atoms with van der Waals surface area (Å²) in [5.74, 6) is -1.66. The smallest absolute Gasteiger partial charge is 0.234 e. The Hall–Kier alpha value is -3.11. The van der Waals surface area contributed by atoms with Crippen molar-refractivity contribution in [2.75, 3.05) is 11.1 Å². The van der Waals surface area contributed by atoms with Crippen LogP contribution in [0.2, 0.25) is 0 Å². The van der Waals surface area contributed by atoms with Gasteiger partial charge in [-0.2, -0.15) is 5.26 Å². The van der Waals surface area contributed by atoms with Gasteiger partial charge in [-0.15, -0.1) is 0 Å². The van der Waals surface area contributed by atoms with Gasteiger partial charge in [0.1, 0.15) is 5.82 Å². The maximum atomic E-state index is 14.2. The second kappa shape index (κ2) is 9.39. The van der Waals surface area contributed by atoms with Crippen molar-refractivity contribution < 1.29 is 14.0 Å². The van der Waals surface area contributed by atoms with Crippen LogP contribution >= 0.6 is 11.8 Å². The molecule has 7 heteroatoms. The van der Waals surface area contributed by atoms with Gasteiger partial charge in [0.05, 0.1) is 22.4 Å². The number of rotatable bonds is 6. The van der Waals surface area contributed by atoms with Gasteiger partial charge in [0, 0.05) is 18.0 Å². The number of carbonyl (C=O) groups excluding carboxylic acids is 2. The van der Waals surface area contributed by atoms with E-state index in [9.17, 15) is 19.2 Å². The number of halogens is 1. The molecular formula is C22H20FN3O2S. The summed E-state index contributed by atoms with van der Waals surface area (Å²) in [6.45, 7) is 2.00. The molecule has 2 N–H and O–H groups in total. The van der Waals surface area contributed by atoms with E-state index in [0.29, 0.717) is 10.6 Å². The van der Waals surface area contributed by atoms with Gasteiger partial charge in [-0.3, -0.25) is 9.59 Å². The monoisotopic (exact) mass is 409 g/mol. The molecule has 1 aliphatic rings. The van der Waals surface area contributed by atoms with Crippen molar-refractivity contribution in [2.24, 2.45) is 0 Å². The zero-order valence-corrected chi connectivity index (χ0v) is 16.7. The van der Waals surface area contributed by atoms with Crippen LogP contribution in [0.1, 0.15) is 30.4 Å². The van der Waals surface area contributed by atoms with Crippen LogP contribution in [-0.4, -0.2) is 17.6 Å². The number of allylic oxidation sites excluding steroid dienone is 1. The Morgan fingerprint density at radius 2 is 2.00 bits per heavy atom. The average molecular weight is 409 g/mol. The van der Waals surface area contributed by atoms with Gasteiger partial charge in [0.25, 0.3) is 0 Å². The van der Waals surface area contributed by atoms with Gasteiger partial charge in [0.15, 0.2) is 0 Å². The van der Waals surface area contributed by atoms with E-state index in [-0.39, 0.29) is 29.6 Å². The fraction of sp³-hybridized carbons (Fsp3) is 0.227. The lowest BCUT2D eigenvalue weighted by molar-refractivity contribution is -0.121. The lowest BCUT2D eigenvalue weighted by Gasteiger charge is -2.25. The first-order valence-electron chi connectivity index (χ1n) is 9.22. The number of nitrogens with one attached hydrogen (secondary N) is 2. The third-order valence-electron chi connectivity index (χ3n) is 4.66. The highest BCUT2D eigenvalue weighted by Crippen LogP contribution is 2.36. The lowest BCUT2D eigenvalue weighted by Crippen LogP contribution is -2.31. The Labute approximate surface area is 173 Å². The standard InChI is InChI=1S/C22H20FN3O2S/c1-2-14-7-3-6-10-19(14)25-21(28)13-29-22-17(12-24)16(11-20(27)26-22)15-8-4-5-9-18(15)23/h3-10,16H,2,11,13H2,1H3,(H,25,28)(H,26,27). The van der Waals surface area contributed by atoms with Crippen LogP contribution in [0, 0.1) is 17.1 Å². The second-order valence-corrected chi connectivity index (χ2v) is 7.51. The highest BCUT2D eigenvalue weighted by Gasteiger charge is 2.31. The molecule has 29 heavy (non-hydrogen) atoms. The van der Waals surface area contributed by atoms with Gasteiger partial charge in [-0.25, -0.2) is 4.39 Å². The van der Waals surface area contributed by atoms with Crippen molar-refractivity contribution >= 4 is 29.3 Å². The maximum absolute atomic E-state index is 14.2. The molecule has 2 aromatic carbocycles. The summed E-state index contributed by atoms with van der Waals surface area (Å²) < 4.78 is 14.2. The van der Waals surface area contributed by atoms with E-state index >= 15 is 0 Å². The molecule has 0 saturated heterocycles. The number of anilines is 1. The SMILES string of the molecule is CCc1ccccc1NC(=O)CSC1=C(C#N)C(c2ccccc2F)CC(=O)N1. The first-order valence-corrected chi connectivity index (χ1v) is 10.2. The van der Waals surface area contributed by atoms with Crippen LogP contribution in [0.4, 0.5) is 10.1 Å². The number of hydrogen-bond acceptors (Lipinski definition) is 4. The molecule has 0 aromatic heterocycles. The molecule has 0 saturated carbocycles. The zero-order chi connectivity index (χ0) is 20.8. The minimum atomic E-state index is -0.665. The van der Waals surface area contributed by atoms with Crippen molar-refractivity contribution in [1.82, 2.24) is 5.32 Å². The molecule has 148 valence electrons. The fourth-order valence-corrected chi connectivity index (χ4v) is 4.11. The highest BCUT2D eigenvalue weighted by atomic mass is 32.2. The average Bonchev–Trinajstić information content (AvgIpc) is 2.72. The molecule has 1 aliphatic heterocycles. The number of thioether (sulfide) groups is 1. The van der Waals surface area contributed by atoms with Gasteiger partial charge in [0.2, 0.25) is 11.8 Å². The van der Waals surface area contributed by atoms with E-state index in [0.717, 1.165) is 29.4 Å². The second-order valence-electron chi connectivity index (χ2n) is 6.53. The van der Waals surface area contributed by atoms with Gasteiger partial charge in [-0.1, -0.05) is 55.1 Å². The molecule has 0 aliphatic carbocycles. The fourth-order valence-electron chi connectivity index (χ4n) is 3.23. The molecule has 5 nitrogen and oxygen atoms in total. The number of carbonyl (C=O) groups is 2. The molecule has 0 spiro atoms. The van der Waals surface area contributed by atoms with Gasteiger partial charge < -0.3 is 10.6 Å². The number of nitriles is 1. The number of aryl methyl sites for hydroxylation is 1. The molecule has 0 radical (unpaired) electrons. The molecule has 3 rings (SSSR count). The molecule has 1 unspecified atom stereocenters. The van der Waals surface area contributed by atoms with Crippen LogP contribution < -0.4 is 10.6 Å². The van der Waals surface area contributed by atoms with Crippen LogP contribution in [0.5, 0.6) is 0 Å². The van der Waals surface area contributed by atoms with Crippen LogP contribution in [0.15, 0.2) is 59.1 Å². The largest absolute Gasteiger partial charge is 0.325 e. The Balaban J connectivity index is 1.77. The maximum Gasteiger partial charge on any atom is 0.234 e. The Morgan fingerprint density at radius 1 is 1.28 bits per heavy atom. The summed E-state index contributed by atoms with van der Waals surface area (Å²) in [5, 5.41) is 15.5. The van der Waals surface area contributed by atoms with Crippen LogP contribution in [0.3, 0.4) is 0 Å². The molecule has 0 bridgehead atoms. The third kappa shape index (κ3) is 4.84. The topological polar surface area (TPSA) is 82.0 Å². The Bertz CT molecular complexity index is 1010. The van der Waals surface area contributed by atoms with Crippen molar-refractivity contribution in [3.8, 4) is 6.07 Å². The molecule has 1 heterocycles. The lowest BCUT2D eigenvalue weighted by atomic mass is 9.87. The highest BCUT2D eigenvalue weighted by molar-refractivity contribution is 8.03.